The van der Waals surface area contributed by atoms with Gasteiger partial charge < -0.3 is 29.5 Å². The fourth-order valence-corrected chi connectivity index (χ4v) is 5.60. The van der Waals surface area contributed by atoms with Crippen LogP contribution in [0.15, 0.2) is 23.3 Å². The Kier molecular flexibility index (Phi) is 7.12. The van der Waals surface area contributed by atoms with Crippen LogP contribution in [0.1, 0.15) is 60.3 Å². The molecular formula is C27H34N6O5. The summed E-state index contributed by atoms with van der Waals surface area (Å²) in [7, 11) is 1.68. The van der Waals surface area contributed by atoms with Crippen molar-refractivity contribution in [3.8, 4) is 11.8 Å². The van der Waals surface area contributed by atoms with Crippen LogP contribution in [-0.4, -0.2) is 83.3 Å². The zero-order valence-electron chi connectivity index (χ0n) is 21.6. The smallest absolute Gasteiger partial charge is 0.319 e. The summed E-state index contributed by atoms with van der Waals surface area (Å²) in [4.78, 5) is 33.5. The second kappa shape index (κ2) is 10.8. The van der Waals surface area contributed by atoms with Crippen LogP contribution in [0.5, 0.6) is 11.8 Å². The lowest BCUT2D eigenvalue weighted by Gasteiger charge is -2.34. The zero-order chi connectivity index (χ0) is 26.1. The van der Waals surface area contributed by atoms with Crippen LogP contribution in [0.3, 0.4) is 0 Å². The van der Waals surface area contributed by atoms with E-state index in [0.717, 1.165) is 74.5 Å². The van der Waals surface area contributed by atoms with E-state index in [0.29, 0.717) is 31.3 Å². The monoisotopic (exact) mass is 522 g/mol. The van der Waals surface area contributed by atoms with Crippen molar-refractivity contribution in [1.29, 1.82) is 0 Å². The maximum absolute atomic E-state index is 13.0. The summed E-state index contributed by atoms with van der Waals surface area (Å²) in [5.41, 5.74) is 3.32. The standard InChI is InChI=1S/C27H34N6O5/c1-36-22-6-9-28-20-14-29-25(24(20)22)16-7-10-33(11-8-16)23-13-19(26(35)30-18-4-5-21(18)34)31-27(32-23)38-15-17-3-2-12-37-17/h6,9,13,16-18,21,34H,2-5,7-8,10-12,14-15H2,1H3,(H,30,35)/t17-,18+,21-/m0/s1. The number of nitrogens with one attached hydrogen (secondary N) is 1. The summed E-state index contributed by atoms with van der Waals surface area (Å²) in [6, 6.07) is 3.54. The average Bonchev–Trinajstić information content (AvgIpc) is 3.64. The van der Waals surface area contributed by atoms with Gasteiger partial charge in [-0.3, -0.25) is 14.8 Å². The van der Waals surface area contributed by atoms with Crippen molar-refractivity contribution in [3.05, 3.63) is 35.3 Å². The van der Waals surface area contributed by atoms with E-state index in [1.165, 1.54) is 0 Å². The number of piperidine rings is 1. The number of hydrogen-bond donors (Lipinski definition) is 2. The van der Waals surface area contributed by atoms with Crippen LogP contribution in [0.25, 0.3) is 0 Å². The highest BCUT2D eigenvalue weighted by atomic mass is 16.5. The van der Waals surface area contributed by atoms with Crippen LogP contribution >= 0.6 is 0 Å². The Bertz CT molecular complexity index is 1210. The number of anilines is 1. The number of nitrogens with zero attached hydrogens (tertiary/aromatic N) is 5. The van der Waals surface area contributed by atoms with E-state index in [2.05, 4.69) is 25.2 Å². The molecule has 202 valence electrons. The van der Waals surface area contributed by atoms with Crippen molar-refractivity contribution < 1.29 is 24.1 Å². The summed E-state index contributed by atoms with van der Waals surface area (Å²) in [5, 5.41) is 12.8. The van der Waals surface area contributed by atoms with Gasteiger partial charge in [0.05, 0.1) is 48.9 Å². The van der Waals surface area contributed by atoms with Crippen molar-refractivity contribution in [2.45, 2.75) is 63.3 Å². The molecule has 2 N–H and O–H groups in total. The molecule has 0 aromatic carbocycles. The van der Waals surface area contributed by atoms with E-state index < -0.39 is 6.10 Å². The maximum atomic E-state index is 13.0. The van der Waals surface area contributed by atoms with E-state index in [1.807, 2.05) is 6.07 Å². The van der Waals surface area contributed by atoms with Crippen molar-refractivity contribution in [3.63, 3.8) is 0 Å². The van der Waals surface area contributed by atoms with Crippen molar-refractivity contribution in [2.75, 3.05) is 38.3 Å². The van der Waals surface area contributed by atoms with Gasteiger partial charge in [-0.1, -0.05) is 0 Å². The Balaban J connectivity index is 1.17. The molecule has 4 aliphatic rings. The molecule has 11 heteroatoms. The summed E-state index contributed by atoms with van der Waals surface area (Å²) in [6.45, 7) is 3.19. The number of ether oxygens (including phenoxy) is 3. The van der Waals surface area contributed by atoms with Crippen molar-refractivity contribution >= 4 is 17.4 Å². The third-order valence-corrected chi connectivity index (χ3v) is 7.97. The summed E-state index contributed by atoms with van der Waals surface area (Å²) >= 11 is 0. The van der Waals surface area contributed by atoms with Gasteiger partial charge in [0.2, 0.25) is 0 Å². The highest BCUT2D eigenvalue weighted by Crippen LogP contribution is 2.34. The van der Waals surface area contributed by atoms with Gasteiger partial charge in [-0.25, -0.2) is 0 Å². The quantitative estimate of drug-likeness (QED) is 0.534. The minimum atomic E-state index is -0.507. The number of hydrogen-bond acceptors (Lipinski definition) is 10. The first kappa shape index (κ1) is 25.0. The molecule has 3 atom stereocenters. The first-order valence-electron chi connectivity index (χ1n) is 13.5. The van der Waals surface area contributed by atoms with Crippen LogP contribution in [-0.2, 0) is 11.3 Å². The average molecular weight is 523 g/mol. The molecule has 0 unspecified atom stereocenters. The molecule has 2 saturated heterocycles. The fourth-order valence-electron chi connectivity index (χ4n) is 5.60. The lowest BCUT2D eigenvalue weighted by atomic mass is 9.88. The second-order valence-electron chi connectivity index (χ2n) is 10.4. The Morgan fingerprint density at radius 3 is 2.79 bits per heavy atom. The van der Waals surface area contributed by atoms with Crippen LogP contribution in [0.4, 0.5) is 5.82 Å². The molecule has 0 bridgehead atoms. The van der Waals surface area contributed by atoms with E-state index in [9.17, 15) is 9.90 Å². The molecule has 11 nitrogen and oxygen atoms in total. The summed E-state index contributed by atoms with van der Waals surface area (Å²) in [5.74, 6) is 1.45. The van der Waals surface area contributed by atoms with Crippen LogP contribution in [0, 0.1) is 5.92 Å². The first-order chi connectivity index (χ1) is 18.6. The normalized spacial score (nSPS) is 24.9. The number of carbonyl (C=O) groups excluding carboxylic acids is 1. The van der Waals surface area contributed by atoms with Gasteiger partial charge in [0.25, 0.3) is 5.91 Å². The number of carbonyl (C=O) groups is 1. The third kappa shape index (κ3) is 5.04. The van der Waals surface area contributed by atoms with E-state index >= 15 is 0 Å². The molecule has 1 amide bonds. The first-order valence-corrected chi connectivity index (χ1v) is 13.5. The lowest BCUT2D eigenvalue weighted by molar-refractivity contribution is 0.0444. The number of pyridine rings is 1. The fraction of sp³-hybridized carbons (Fsp3) is 0.593. The van der Waals surface area contributed by atoms with Gasteiger partial charge in [-0.05, 0) is 44.6 Å². The molecule has 1 aliphatic carbocycles. The molecule has 6 rings (SSSR count). The molecule has 3 aliphatic heterocycles. The van der Waals surface area contributed by atoms with E-state index in [4.69, 9.17) is 19.2 Å². The SMILES string of the molecule is COc1ccnc2c1C(C1CCN(c3cc(C(=O)N[C@@H]4CC[C@@H]4O)nc(OC[C@@H]4CCCO4)n3)CC1)=NC2. The molecule has 38 heavy (non-hydrogen) atoms. The molecule has 5 heterocycles. The lowest BCUT2D eigenvalue weighted by Crippen LogP contribution is -2.50. The number of amides is 1. The van der Waals surface area contributed by atoms with Gasteiger partial charge in [-0.15, -0.1) is 0 Å². The predicted molar refractivity (Wildman–Crippen MR) is 139 cm³/mol. The van der Waals surface area contributed by atoms with Gasteiger partial charge in [-0.2, -0.15) is 9.97 Å². The summed E-state index contributed by atoms with van der Waals surface area (Å²) < 4.78 is 17.2. The number of rotatable bonds is 8. The zero-order valence-corrected chi connectivity index (χ0v) is 21.6. The van der Waals surface area contributed by atoms with Gasteiger partial charge in [0.1, 0.15) is 23.9 Å². The minimum absolute atomic E-state index is 0.0157. The Morgan fingerprint density at radius 1 is 1.21 bits per heavy atom. The molecule has 2 aromatic rings. The molecule has 3 fully saturated rings. The largest absolute Gasteiger partial charge is 0.496 e. The van der Waals surface area contributed by atoms with Gasteiger partial charge in [0.15, 0.2) is 0 Å². The van der Waals surface area contributed by atoms with Crippen molar-refractivity contribution in [2.24, 2.45) is 10.9 Å². The predicted octanol–water partition coefficient (Wildman–Crippen LogP) is 1.91. The molecule has 2 aromatic heterocycles. The second-order valence-corrected chi connectivity index (χ2v) is 10.4. The summed E-state index contributed by atoms with van der Waals surface area (Å²) in [6.07, 6.45) is 6.47. The number of aliphatic hydroxyl groups excluding tert-OH is 1. The Labute approximate surface area is 221 Å². The van der Waals surface area contributed by atoms with Gasteiger partial charge in [0, 0.05) is 37.9 Å². The molecule has 0 radical (unpaired) electrons. The molecule has 1 saturated carbocycles. The van der Waals surface area contributed by atoms with Gasteiger partial charge >= 0.3 is 6.01 Å². The number of methoxy groups -OCH3 is 1. The third-order valence-electron chi connectivity index (χ3n) is 7.97. The number of fused-ring (bicyclic) bond motifs is 1. The molecule has 0 spiro atoms. The highest BCUT2D eigenvalue weighted by Gasteiger charge is 2.33. The van der Waals surface area contributed by atoms with E-state index in [1.54, 1.807) is 19.4 Å². The molecular weight excluding hydrogens is 488 g/mol. The van der Waals surface area contributed by atoms with E-state index in [-0.39, 0.29) is 29.8 Å². The minimum Gasteiger partial charge on any atom is -0.496 e. The maximum Gasteiger partial charge on any atom is 0.319 e. The number of aromatic nitrogens is 3. The topological polar surface area (TPSA) is 131 Å². The highest BCUT2D eigenvalue weighted by molar-refractivity contribution is 6.07. The van der Waals surface area contributed by atoms with Crippen molar-refractivity contribution in [1.82, 2.24) is 20.3 Å². The number of aliphatic hydroxyl groups is 1. The Hall–Kier alpha value is -3.31. The Morgan fingerprint density at radius 2 is 2.08 bits per heavy atom. The number of aliphatic imine (C=N–C) groups is 1. The van der Waals surface area contributed by atoms with Crippen LogP contribution in [0.2, 0.25) is 0 Å². The van der Waals surface area contributed by atoms with Crippen LogP contribution < -0.4 is 19.7 Å².